The first kappa shape index (κ1) is 41.2. The zero-order valence-electron chi connectivity index (χ0n) is 31.0. The van der Waals surface area contributed by atoms with Gasteiger partial charge in [-0.05, 0) is 19.3 Å². The molecule has 0 aromatic heterocycles. The van der Waals surface area contributed by atoms with Gasteiger partial charge >= 0.3 is 0 Å². The average Bonchev–Trinajstić information content (AvgIpc) is 3.03. The molecular formula is C43H82N+. The minimum Gasteiger partial charge on any atom is -0.322 e. The Balaban J connectivity index is 2.11. The molecule has 1 atom stereocenters. The van der Waals surface area contributed by atoms with Gasteiger partial charge in [-0.1, -0.05) is 218 Å². The van der Waals surface area contributed by atoms with Crippen LogP contribution in [0.1, 0.15) is 224 Å². The number of hydrogen-bond donors (Lipinski definition) is 0. The van der Waals surface area contributed by atoms with Crippen LogP contribution >= 0.6 is 0 Å². The van der Waals surface area contributed by atoms with E-state index in [-0.39, 0.29) is 0 Å². The number of unbranched alkanes of at least 4 members (excludes halogenated alkanes) is 28. The molecule has 1 aromatic rings. The molecule has 0 radical (unpaired) electrons. The summed E-state index contributed by atoms with van der Waals surface area (Å²) in [7, 11) is 5.01. The maximum atomic E-state index is 2.51. The topological polar surface area (TPSA) is 0 Å². The first-order valence-electron chi connectivity index (χ1n) is 20.5. The molecule has 0 aliphatic rings. The first-order chi connectivity index (χ1) is 21.6. The van der Waals surface area contributed by atoms with Gasteiger partial charge in [-0.25, -0.2) is 0 Å². The second-order valence-electron chi connectivity index (χ2n) is 15.1. The highest BCUT2D eigenvalue weighted by Crippen LogP contribution is 2.31. The van der Waals surface area contributed by atoms with E-state index >= 15 is 0 Å². The van der Waals surface area contributed by atoms with E-state index in [2.05, 4.69) is 58.3 Å². The van der Waals surface area contributed by atoms with Crippen LogP contribution in [-0.2, 0) is 0 Å². The maximum Gasteiger partial charge on any atom is 0.114 e. The molecule has 0 amide bonds. The van der Waals surface area contributed by atoms with Crippen molar-refractivity contribution in [2.24, 2.45) is 0 Å². The Morgan fingerprint density at radius 2 is 0.682 bits per heavy atom. The summed E-state index contributed by atoms with van der Waals surface area (Å²) in [5.74, 6) is 0. The third kappa shape index (κ3) is 24.4. The third-order valence-corrected chi connectivity index (χ3v) is 10.4. The van der Waals surface area contributed by atoms with Gasteiger partial charge in [-0.15, -0.1) is 0 Å². The van der Waals surface area contributed by atoms with Gasteiger partial charge in [0.15, 0.2) is 0 Å². The number of benzene rings is 1. The average molecular weight is 613 g/mol. The zero-order valence-corrected chi connectivity index (χ0v) is 31.0. The fourth-order valence-corrected chi connectivity index (χ4v) is 7.35. The Morgan fingerprint density at radius 3 is 1.02 bits per heavy atom. The van der Waals surface area contributed by atoms with Crippen molar-refractivity contribution in [1.29, 1.82) is 0 Å². The van der Waals surface area contributed by atoms with E-state index in [1.807, 2.05) is 0 Å². The summed E-state index contributed by atoms with van der Waals surface area (Å²) in [5, 5.41) is 0. The number of rotatable bonds is 34. The van der Waals surface area contributed by atoms with Gasteiger partial charge in [0, 0.05) is 12.0 Å². The third-order valence-electron chi connectivity index (χ3n) is 10.4. The zero-order chi connectivity index (χ0) is 31.8. The van der Waals surface area contributed by atoms with Crippen LogP contribution in [0.4, 0.5) is 0 Å². The van der Waals surface area contributed by atoms with Crippen LogP contribution < -0.4 is 0 Å². The number of hydrogen-bond acceptors (Lipinski definition) is 0. The van der Waals surface area contributed by atoms with E-state index in [1.165, 1.54) is 206 Å². The second kappa shape index (κ2) is 30.8. The highest BCUT2D eigenvalue weighted by molar-refractivity contribution is 5.17. The molecule has 0 bridgehead atoms. The van der Waals surface area contributed by atoms with E-state index < -0.39 is 0 Å². The lowest BCUT2D eigenvalue weighted by atomic mass is 9.96. The van der Waals surface area contributed by atoms with Crippen LogP contribution in [0.3, 0.4) is 0 Å². The minimum absolute atomic E-state index is 0.643. The first-order valence-corrected chi connectivity index (χ1v) is 20.5. The van der Waals surface area contributed by atoms with Gasteiger partial charge in [0.2, 0.25) is 0 Å². The van der Waals surface area contributed by atoms with Gasteiger partial charge in [-0.3, -0.25) is 0 Å². The standard InChI is InChI=1S/C43H82N/c1-5-7-9-11-13-15-17-19-21-22-23-25-27-29-31-36-40-43(42-38-34-33-35-39-42)44(3,4)41-37-32-30-28-26-24-20-18-16-14-12-10-8-6-2/h33-35,38-39,43H,5-32,36-37,40-41H2,1-4H3/q+1. The molecule has 0 N–H and O–H groups in total. The monoisotopic (exact) mass is 613 g/mol. The molecule has 258 valence electrons. The van der Waals surface area contributed by atoms with Crippen LogP contribution in [0.5, 0.6) is 0 Å². The molecule has 1 nitrogen and oxygen atoms in total. The van der Waals surface area contributed by atoms with Gasteiger partial charge in [-0.2, -0.15) is 0 Å². The second-order valence-corrected chi connectivity index (χ2v) is 15.1. The Morgan fingerprint density at radius 1 is 0.386 bits per heavy atom. The highest BCUT2D eigenvalue weighted by Gasteiger charge is 2.28. The molecule has 0 spiro atoms. The van der Waals surface area contributed by atoms with E-state index in [0.29, 0.717) is 6.04 Å². The lowest BCUT2D eigenvalue weighted by Gasteiger charge is -2.39. The largest absolute Gasteiger partial charge is 0.322 e. The lowest BCUT2D eigenvalue weighted by Crippen LogP contribution is -2.44. The number of nitrogens with zero attached hydrogens (tertiary/aromatic N) is 1. The van der Waals surface area contributed by atoms with Gasteiger partial charge < -0.3 is 4.48 Å². The van der Waals surface area contributed by atoms with Crippen molar-refractivity contribution in [2.75, 3.05) is 20.6 Å². The quantitative estimate of drug-likeness (QED) is 0.0536. The number of quaternary nitrogens is 1. The molecule has 0 fully saturated rings. The summed E-state index contributed by atoms with van der Waals surface area (Å²) >= 11 is 0. The molecule has 0 aliphatic heterocycles. The van der Waals surface area contributed by atoms with Crippen LogP contribution in [0.15, 0.2) is 30.3 Å². The van der Waals surface area contributed by atoms with Crippen LogP contribution in [0.25, 0.3) is 0 Å². The van der Waals surface area contributed by atoms with E-state index in [9.17, 15) is 0 Å². The molecular weight excluding hydrogens is 530 g/mol. The van der Waals surface area contributed by atoms with E-state index in [1.54, 1.807) is 5.56 Å². The summed E-state index contributed by atoms with van der Waals surface area (Å²) in [5.41, 5.74) is 1.56. The molecule has 1 aromatic carbocycles. The molecule has 1 heteroatoms. The molecule has 0 aliphatic carbocycles. The van der Waals surface area contributed by atoms with Crippen LogP contribution in [-0.4, -0.2) is 25.1 Å². The predicted molar refractivity (Wildman–Crippen MR) is 201 cm³/mol. The molecule has 44 heavy (non-hydrogen) atoms. The van der Waals surface area contributed by atoms with Crippen LogP contribution in [0.2, 0.25) is 0 Å². The van der Waals surface area contributed by atoms with E-state index in [0.717, 1.165) is 4.48 Å². The normalized spacial score (nSPS) is 12.6. The van der Waals surface area contributed by atoms with Gasteiger partial charge in [0.05, 0.1) is 20.6 Å². The fourth-order valence-electron chi connectivity index (χ4n) is 7.35. The molecule has 0 heterocycles. The summed E-state index contributed by atoms with van der Waals surface area (Å²) < 4.78 is 1.15. The van der Waals surface area contributed by atoms with Crippen molar-refractivity contribution in [1.82, 2.24) is 0 Å². The smallest absolute Gasteiger partial charge is 0.114 e. The van der Waals surface area contributed by atoms with Crippen molar-refractivity contribution in [3.63, 3.8) is 0 Å². The minimum atomic E-state index is 0.643. The SMILES string of the molecule is CCCCCCCCCCCCCCCCCCC(c1ccccc1)[N+](C)(C)CCCCCCCCCCCCCCCC. The van der Waals surface area contributed by atoms with Crippen LogP contribution in [0, 0.1) is 0 Å². The maximum absolute atomic E-state index is 2.51. The molecule has 0 saturated heterocycles. The summed E-state index contributed by atoms with van der Waals surface area (Å²) in [6.45, 7) is 5.94. The molecule has 0 saturated carbocycles. The van der Waals surface area contributed by atoms with Crippen molar-refractivity contribution in [3.05, 3.63) is 35.9 Å². The Bertz CT molecular complexity index is 679. The van der Waals surface area contributed by atoms with Gasteiger partial charge in [0.1, 0.15) is 6.04 Å². The summed E-state index contributed by atoms with van der Waals surface area (Å²) in [4.78, 5) is 0. The fraction of sp³-hybridized carbons (Fsp3) is 0.860. The Hall–Kier alpha value is -0.820. The molecule has 1 rings (SSSR count). The molecule has 1 unspecified atom stereocenters. The summed E-state index contributed by atoms with van der Waals surface area (Å²) in [6.07, 6.45) is 44.7. The highest BCUT2D eigenvalue weighted by atomic mass is 15.3. The van der Waals surface area contributed by atoms with Crippen molar-refractivity contribution < 1.29 is 4.48 Å². The van der Waals surface area contributed by atoms with Crippen molar-refractivity contribution >= 4 is 0 Å². The predicted octanol–water partition coefficient (Wildman–Crippen LogP) is 14.9. The Labute approximate surface area is 279 Å². The van der Waals surface area contributed by atoms with E-state index in [4.69, 9.17) is 0 Å². The Kier molecular flexibility index (Phi) is 28.9. The van der Waals surface area contributed by atoms with Crippen molar-refractivity contribution in [3.8, 4) is 0 Å². The van der Waals surface area contributed by atoms with Crippen molar-refractivity contribution in [2.45, 2.75) is 219 Å². The lowest BCUT2D eigenvalue weighted by molar-refractivity contribution is -0.921. The van der Waals surface area contributed by atoms with Gasteiger partial charge in [0.25, 0.3) is 0 Å². The summed E-state index contributed by atoms with van der Waals surface area (Å²) in [6, 6.07) is 12.1.